The molecule has 3 heteroatoms. The zero-order valence-corrected chi connectivity index (χ0v) is 9.05. The van der Waals surface area contributed by atoms with Crippen molar-refractivity contribution in [1.29, 1.82) is 0 Å². The van der Waals surface area contributed by atoms with Crippen molar-refractivity contribution in [3.8, 4) is 5.75 Å². The second kappa shape index (κ2) is 6.49. The molecule has 14 heavy (non-hydrogen) atoms. The number of carbonyl (C=O) groups excluding carboxylic acids is 1. The van der Waals surface area contributed by atoms with Gasteiger partial charge in [-0.1, -0.05) is 19.1 Å². The van der Waals surface area contributed by atoms with Gasteiger partial charge in [0.15, 0.2) is 6.29 Å². The predicted octanol–water partition coefficient (Wildman–Crippen LogP) is 2.63. The maximum absolute atomic E-state index is 10.6. The number of thioether (sulfide) groups is 1. The topological polar surface area (TPSA) is 26.3 Å². The lowest BCUT2D eigenvalue weighted by Gasteiger charge is -2.06. The third-order valence-electron chi connectivity index (χ3n) is 1.74. The number of hydrogen-bond donors (Lipinski definition) is 0. The van der Waals surface area contributed by atoms with E-state index in [2.05, 4.69) is 6.92 Å². The number of hydrogen-bond acceptors (Lipinski definition) is 3. The molecular formula is C11H14O2S. The van der Waals surface area contributed by atoms with Gasteiger partial charge >= 0.3 is 0 Å². The molecular weight excluding hydrogens is 196 g/mol. The molecule has 0 saturated heterocycles. The molecule has 0 aliphatic rings. The SMILES string of the molecule is CCSCCOc1ccccc1C=O. The van der Waals surface area contributed by atoms with E-state index in [4.69, 9.17) is 4.74 Å². The van der Waals surface area contributed by atoms with E-state index in [1.54, 1.807) is 6.07 Å². The summed E-state index contributed by atoms with van der Waals surface area (Å²) in [5.74, 6) is 2.74. The minimum absolute atomic E-state index is 0.619. The minimum Gasteiger partial charge on any atom is -0.492 e. The van der Waals surface area contributed by atoms with Gasteiger partial charge in [-0.15, -0.1) is 0 Å². The lowest BCUT2D eigenvalue weighted by molar-refractivity contribution is 0.112. The number of rotatable bonds is 6. The summed E-state index contributed by atoms with van der Waals surface area (Å²) >= 11 is 1.83. The highest BCUT2D eigenvalue weighted by molar-refractivity contribution is 7.99. The van der Waals surface area contributed by atoms with Gasteiger partial charge in [-0.2, -0.15) is 11.8 Å². The van der Waals surface area contributed by atoms with E-state index in [-0.39, 0.29) is 0 Å². The van der Waals surface area contributed by atoms with Crippen LogP contribution >= 0.6 is 11.8 Å². The highest BCUT2D eigenvalue weighted by Crippen LogP contribution is 2.15. The zero-order valence-electron chi connectivity index (χ0n) is 8.23. The molecule has 0 aliphatic heterocycles. The Morgan fingerprint density at radius 3 is 2.93 bits per heavy atom. The van der Waals surface area contributed by atoms with Crippen LogP contribution in [0.5, 0.6) is 5.75 Å². The molecule has 0 fully saturated rings. The van der Waals surface area contributed by atoms with Gasteiger partial charge in [-0.25, -0.2) is 0 Å². The van der Waals surface area contributed by atoms with Crippen molar-refractivity contribution in [2.24, 2.45) is 0 Å². The molecule has 0 unspecified atom stereocenters. The van der Waals surface area contributed by atoms with E-state index in [0.717, 1.165) is 17.8 Å². The molecule has 0 spiro atoms. The van der Waals surface area contributed by atoms with Gasteiger partial charge in [0.1, 0.15) is 5.75 Å². The van der Waals surface area contributed by atoms with Crippen LogP contribution in [-0.4, -0.2) is 24.4 Å². The Kier molecular flexibility index (Phi) is 5.15. The number of carbonyl (C=O) groups is 1. The van der Waals surface area contributed by atoms with Gasteiger partial charge in [0.05, 0.1) is 12.2 Å². The second-order valence-electron chi connectivity index (χ2n) is 2.70. The highest BCUT2D eigenvalue weighted by atomic mass is 32.2. The van der Waals surface area contributed by atoms with E-state index in [9.17, 15) is 4.79 Å². The van der Waals surface area contributed by atoms with Crippen molar-refractivity contribution in [2.75, 3.05) is 18.1 Å². The van der Waals surface area contributed by atoms with E-state index < -0.39 is 0 Å². The molecule has 0 radical (unpaired) electrons. The maximum atomic E-state index is 10.6. The van der Waals surface area contributed by atoms with Crippen LogP contribution in [0.3, 0.4) is 0 Å². The highest BCUT2D eigenvalue weighted by Gasteiger charge is 2.00. The van der Waals surface area contributed by atoms with Crippen LogP contribution in [0.25, 0.3) is 0 Å². The first-order chi connectivity index (χ1) is 6.88. The Bertz CT molecular complexity index is 286. The van der Waals surface area contributed by atoms with Crippen molar-refractivity contribution < 1.29 is 9.53 Å². The van der Waals surface area contributed by atoms with E-state index >= 15 is 0 Å². The summed E-state index contributed by atoms with van der Waals surface area (Å²) in [6, 6.07) is 7.28. The number of ether oxygens (including phenoxy) is 1. The maximum Gasteiger partial charge on any atom is 0.153 e. The van der Waals surface area contributed by atoms with Gasteiger partial charge in [-0.05, 0) is 17.9 Å². The molecule has 1 rings (SSSR count). The van der Waals surface area contributed by atoms with Crippen LogP contribution in [0.4, 0.5) is 0 Å². The zero-order chi connectivity index (χ0) is 10.2. The van der Waals surface area contributed by atoms with E-state index in [1.165, 1.54) is 0 Å². The fraction of sp³-hybridized carbons (Fsp3) is 0.364. The van der Waals surface area contributed by atoms with Gasteiger partial charge in [0.25, 0.3) is 0 Å². The smallest absolute Gasteiger partial charge is 0.153 e. The van der Waals surface area contributed by atoms with Crippen LogP contribution < -0.4 is 4.74 Å². The first-order valence-corrected chi connectivity index (χ1v) is 5.78. The summed E-state index contributed by atoms with van der Waals surface area (Å²) in [5.41, 5.74) is 0.619. The molecule has 0 saturated carbocycles. The third kappa shape index (κ3) is 3.42. The monoisotopic (exact) mass is 210 g/mol. The molecule has 1 aromatic rings. The van der Waals surface area contributed by atoms with Crippen LogP contribution in [0, 0.1) is 0 Å². The standard InChI is InChI=1S/C11H14O2S/c1-2-14-8-7-13-11-6-4-3-5-10(11)9-12/h3-6,9H,2,7-8H2,1H3. The largest absolute Gasteiger partial charge is 0.492 e. The number of benzene rings is 1. The Morgan fingerprint density at radius 1 is 1.43 bits per heavy atom. The lowest BCUT2D eigenvalue weighted by Crippen LogP contribution is -2.02. The van der Waals surface area contributed by atoms with Crippen molar-refractivity contribution in [2.45, 2.75) is 6.92 Å². The van der Waals surface area contributed by atoms with Crippen molar-refractivity contribution >= 4 is 18.0 Å². The van der Waals surface area contributed by atoms with Gasteiger partial charge in [-0.3, -0.25) is 4.79 Å². The quantitative estimate of drug-likeness (QED) is 0.533. The molecule has 0 aliphatic carbocycles. The Morgan fingerprint density at radius 2 is 2.21 bits per heavy atom. The molecule has 1 aromatic carbocycles. The van der Waals surface area contributed by atoms with Gasteiger partial charge < -0.3 is 4.74 Å². The average molecular weight is 210 g/mol. The number of aldehydes is 1. The van der Waals surface area contributed by atoms with Crippen LogP contribution in [0.2, 0.25) is 0 Å². The molecule has 0 atom stereocenters. The molecule has 0 heterocycles. The summed E-state index contributed by atoms with van der Waals surface area (Å²) in [4.78, 5) is 10.6. The van der Waals surface area contributed by atoms with E-state index in [1.807, 2.05) is 30.0 Å². The molecule has 2 nitrogen and oxygen atoms in total. The first-order valence-electron chi connectivity index (χ1n) is 4.63. The molecule has 0 bridgehead atoms. The van der Waals surface area contributed by atoms with Crippen LogP contribution in [0.1, 0.15) is 17.3 Å². The fourth-order valence-electron chi connectivity index (χ4n) is 1.06. The Labute approximate surface area is 88.7 Å². The first kappa shape index (κ1) is 11.1. The van der Waals surface area contributed by atoms with Crippen LogP contribution in [-0.2, 0) is 0 Å². The summed E-state index contributed by atoms with van der Waals surface area (Å²) in [6.45, 7) is 2.77. The Hall–Kier alpha value is -0.960. The summed E-state index contributed by atoms with van der Waals surface area (Å²) in [6.07, 6.45) is 0.822. The Balaban J connectivity index is 2.45. The number of para-hydroxylation sites is 1. The van der Waals surface area contributed by atoms with Gasteiger partial charge in [0, 0.05) is 5.75 Å². The van der Waals surface area contributed by atoms with E-state index in [0.29, 0.717) is 17.9 Å². The van der Waals surface area contributed by atoms with Crippen molar-refractivity contribution in [3.05, 3.63) is 29.8 Å². The fourth-order valence-corrected chi connectivity index (χ4v) is 1.55. The molecule has 76 valence electrons. The van der Waals surface area contributed by atoms with Crippen LogP contribution in [0.15, 0.2) is 24.3 Å². The van der Waals surface area contributed by atoms with Crippen molar-refractivity contribution in [1.82, 2.24) is 0 Å². The van der Waals surface area contributed by atoms with Gasteiger partial charge in [0.2, 0.25) is 0 Å². The molecule has 0 aromatic heterocycles. The normalized spacial score (nSPS) is 9.79. The summed E-state index contributed by atoms with van der Waals surface area (Å²) < 4.78 is 5.48. The average Bonchev–Trinajstić information content (AvgIpc) is 2.25. The van der Waals surface area contributed by atoms with Crippen molar-refractivity contribution in [3.63, 3.8) is 0 Å². The second-order valence-corrected chi connectivity index (χ2v) is 4.09. The molecule has 0 amide bonds. The predicted molar refractivity (Wildman–Crippen MR) is 60.3 cm³/mol. The molecule has 0 N–H and O–H groups in total. The minimum atomic E-state index is 0.619. The third-order valence-corrected chi connectivity index (χ3v) is 2.60. The summed E-state index contributed by atoms with van der Waals surface area (Å²) in [5, 5.41) is 0. The lowest BCUT2D eigenvalue weighted by atomic mass is 10.2. The summed E-state index contributed by atoms with van der Waals surface area (Å²) in [7, 11) is 0.